The number of nitrogens with zero attached hydrogens (tertiary/aromatic N) is 1. The van der Waals surface area contributed by atoms with Crippen LogP contribution in [0.15, 0.2) is 54.1 Å². The fraction of sp³-hybridized carbons (Fsp3) is 0.150. The molecule has 0 bridgehead atoms. The van der Waals surface area contributed by atoms with Gasteiger partial charge in [-0.05, 0) is 48.3 Å². The van der Waals surface area contributed by atoms with E-state index in [9.17, 15) is 14.4 Å². The number of hydrogen-bond donors (Lipinski definition) is 0. The van der Waals surface area contributed by atoms with Crippen LogP contribution in [0, 0.1) is 6.92 Å². The quantitative estimate of drug-likeness (QED) is 0.494. The molecule has 0 radical (unpaired) electrons. The molecule has 2 aromatic carbocycles. The van der Waals surface area contributed by atoms with Crippen molar-refractivity contribution >= 4 is 23.7 Å². The molecule has 4 nitrogen and oxygen atoms in total. The van der Waals surface area contributed by atoms with Gasteiger partial charge in [0.1, 0.15) is 6.29 Å². The van der Waals surface area contributed by atoms with Crippen molar-refractivity contribution in [1.29, 1.82) is 0 Å². The Balaban J connectivity index is 2.02. The Morgan fingerprint density at radius 2 is 1.50 bits per heavy atom. The van der Waals surface area contributed by atoms with Crippen molar-refractivity contribution < 1.29 is 14.4 Å². The van der Waals surface area contributed by atoms with E-state index < -0.39 is 0 Å². The number of hydrogen-bond acceptors (Lipinski definition) is 3. The number of amides is 2. The number of rotatable bonds is 4. The maximum absolute atomic E-state index is 12.6. The van der Waals surface area contributed by atoms with Crippen molar-refractivity contribution in [2.45, 2.75) is 13.8 Å². The van der Waals surface area contributed by atoms with Crippen LogP contribution in [-0.2, 0) is 4.79 Å². The molecule has 0 aromatic heterocycles. The molecule has 4 heteroatoms. The van der Waals surface area contributed by atoms with Gasteiger partial charge in [-0.25, -0.2) is 0 Å². The van der Waals surface area contributed by atoms with Crippen molar-refractivity contribution in [1.82, 2.24) is 4.90 Å². The van der Waals surface area contributed by atoms with E-state index in [0.717, 1.165) is 17.4 Å². The van der Waals surface area contributed by atoms with E-state index in [1.807, 2.05) is 31.2 Å². The first-order chi connectivity index (χ1) is 11.5. The van der Waals surface area contributed by atoms with Gasteiger partial charge in [0.15, 0.2) is 0 Å². The normalized spacial score (nSPS) is 14.5. The monoisotopic (exact) mass is 319 g/mol. The van der Waals surface area contributed by atoms with Gasteiger partial charge >= 0.3 is 0 Å². The molecular weight excluding hydrogens is 302 g/mol. The van der Waals surface area contributed by atoms with Gasteiger partial charge in [-0.1, -0.05) is 36.4 Å². The summed E-state index contributed by atoms with van der Waals surface area (Å²) in [4.78, 5) is 37.7. The van der Waals surface area contributed by atoms with E-state index in [-0.39, 0.29) is 18.4 Å². The molecular formula is C20H17NO3. The van der Waals surface area contributed by atoms with Crippen LogP contribution in [-0.4, -0.2) is 29.5 Å². The molecule has 2 aromatic rings. The lowest BCUT2D eigenvalue weighted by Gasteiger charge is -2.19. The zero-order valence-corrected chi connectivity index (χ0v) is 13.6. The van der Waals surface area contributed by atoms with Crippen LogP contribution < -0.4 is 0 Å². The molecule has 0 saturated heterocycles. The van der Waals surface area contributed by atoms with Gasteiger partial charge in [0, 0.05) is 0 Å². The summed E-state index contributed by atoms with van der Waals surface area (Å²) in [7, 11) is 0. The van der Waals surface area contributed by atoms with Crippen LogP contribution >= 0.6 is 0 Å². The van der Waals surface area contributed by atoms with Gasteiger partial charge in [-0.15, -0.1) is 0 Å². The maximum atomic E-state index is 12.6. The first-order valence-corrected chi connectivity index (χ1v) is 7.70. The predicted octanol–water partition coefficient (Wildman–Crippen LogP) is 3.26. The molecule has 0 aliphatic carbocycles. The second-order valence-electron chi connectivity index (χ2n) is 5.84. The minimum absolute atomic E-state index is 0.0851. The van der Waals surface area contributed by atoms with E-state index in [1.54, 1.807) is 31.2 Å². The Kier molecular flexibility index (Phi) is 4.13. The van der Waals surface area contributed by atoms with E-state index in [4.69, 9.17) is 0 Å². The van der Waals surface area contributed by atoms with E-state index in [0.29, 0.717) is 22.3 Å². The Morgan fingerprint density at radius 1 is 0.958 bits per heavy atom. The standard InChI is InChI=1S/C20H17NO3/c1-13-7-3-4-8-15(13)18(14(2)12-22)11-21-19(23)16-9-5-6-10-17(16)20(21)24/h3-10,12H,11H2,1-2H3/b18-14-. The summed E-state index contributed by atoms with van der Waals surface area (Å²) in [5.41, 5.74) is 3.90. The van der Waals surface area contributed by atoms with Crippen molar-refractivity contribution in [2.75, 3.05) is 6.54 Å². The van der Waals surface area contributed by atoms with Crippen LogP contribution in [0.3, 0.4) is 0 Å². The molecule has 0 unspecified atom stereocenters. The molecule has 0 fully saturated rings. The van der Waals surface area contributed by atoms with Crippen molar-refractivity contribution in [3.05, 3.63) is 76.4 Å². The number of benzene rings is 2. The van der Waals surface area contributed by atoms with Crippen LogP contribution in [0.1, 0.15) is 38.8 Å². The molecule has 1 heterocycles. The van der Waals surface area contributed by atoms with Crippen LogP contribution in [0.2, 0.25) is 0 Å². The summed E-state index contributed by atoms with van der Waals surface area (Å²) >= 11 is 0. The van der Waals surface area contributed by atoms with Gasteiger partial charge in [0.2, 0.25) is 0 Å². The number of carbonyl (C=O) groups excluding carboxylic acids is 3. The number of aldehydes is 1. The number of imide groups is 1. The largest absolute Gasteiger partial charge is 0.298 e. The van der Waals surface area contributed by atoms with Gasteiger partial charge in [0.25, 0.3) is 11.8 Å². The molecule has 1 aliphatic heterocycles. The SMILES string of the molecule is C/C(C=O)=C(\CN1C(=O)c2ccccc2C1=O)c1ccccc1C. The van der Waals surface area contributed by atoms with Crippen LogP contribution in [0.25, 0.3) is 5.57 Å². The highest BCUT2D eigenvalue weighted by Crippen LogP contribution is 2.28. The summed E-state index contributed by atoms with van der Waals surface area (Å²) in [6.45, 7) is 3.73. The lowest BCUT2D eigenvalue weighted by molar-refractivity contribution is -0.104. The van der Waals surface area contributed by atoms with Gasteiger partial charge < -0.3 is 0 Å². The Hall–Kier alpha value is -3.01. The molecule has 0 atom stereocenters. The molecule has 3 rings (SSSR count). The van der Waals surface area contributed by atoms with E-state index in [1.165, 1.54) is 4.90 Å². The van der Waals surface area contributed by atoms with Gasteiger partial charge in [0.05, 0.1) is 17.7 Å². The average Bonchev–Trinajstić information content (AvgIpc) is 2.84. The highest BCUT2D eigenvalue weighted by molar-refractivity contribution is 6.22. The molecule has 24 heavy (non-hydrogen) atoms. The zero-order chi connectivity index (χ0) is 17.3. The summed E-state index contributed by atoms with van der Waals surface area (Å²) in [6.07, 6.45) is 0.764. The molecule has 0 spiro atoms. The fourth-order valence-electron chi connectivity index (χ4n) is 2.95. The van der Waals surface area contributed by atoms with Crippen molar-refractivity contribution in [2.24, 2.45) is 0 Å². The molecule has 0 saturated carbocycles. The number of allylic oxidation sites excluding steroid dienone is 1. The Morgan fingerprint density at radius 3 is 2.04 bits per heavy atom. The van der Waals surface area contributed by atoms with Crippen LogP contribution in [0.4, 0.5) is 0 Å². The summed E-state index contributed by atoms with van der Waals surface area (Å²) < 4.78 is 0. The summed E-state index contributed by atoms with van der Waals surface area (Å²) in [5.74, 6) is -0.638. The fourth-order valence-corrected chi connectivity index (χ4v) is 2.95. The minimum atomic E-state index is -0.319. The number of fused-ring (bicyclic) bond motifs is 1. The topological polar surface area (TPSA) is 54.5 Å². The highest BCUT2D eigenvalue weighted by Gasteiger charge is 2.35. The Labute approximate surface area is 140 Å². The Bertz CT molecular complexity index is 845. The molecule has 1 aliphatic rings. The van der Waals surface area contributed by atoms with Crippen molar-refractivity contribution in [3.8, 4) is 0 Å². The smallest absolute Gasteiger partial charge is 0.261 e. The number of carbonyl (C=O) groups is 3. The van der Waals surface area contributed by atoms with E-state index in [2.05, 4.69) is 0 Å². The molecule has 2 amide bonds. The van der Waals surface area contributed by atoms with E-state index >= 15 is 0 Å². The van der Waals surface area contributed by atoms with Crippen LogP contribution in [0.5, 0.6) is 0 Å². The van der Waals surface area contributed by atoms with Gasteiger partial charge in [-0.3, -0.25) is 19.3 Å². The third-order valence-electron chi connectivity index (χ3n) is 4.32. The van der Waals surface area contributed by atoms with Crippen molar-refractivity contribution in [3.63, 3.8) is 0 Å². The van der Waals surface area contributed by atoms with Gasteiger partial charge in [-0.2, -0.15) is 0 Å². The zero-order valence-electron chi connectivity index (χ0n) is 13.6. The minimum Gasteiger partial charge on any atom is -0.298 e. The second-order valence-corrected chi connectivity index (χ2v) is 5.84. The maximum Gasteiger partial charge on any atom is 0.261 e. The first kappa shape index (κ1) is 15.9. The first-order valence-electron chi connectivity index (χ1n) is 7.70. The summed E-state index contributed by atoms with van der Waals surface area (Å²) in [5, 5.41) is 0. The number of aryl methyl sites for hydroxylation is 1. The molecule has 120 valence electrons. The summed E-state index contributed by atoms with van der Waals surface area (Å²) in [6, 6.07) is 14.4. The third kappa shape index (κ3) is 2.56. The lowest BCUT2D eigenvalue weighted by Crippen LogP contribution is -2.31. The second kappa shape index (κ2) is 6.24. The molecule has 0 N–H and O–H groups in total. The highest BCUT2D eigenvalue weighted by atomic mass is 16.2. The lowest BCUT2D eigenvalue weighted by atomic mass is 9.96. The predicted molar refractivity (Wildman–Crippen MR) is 91.6 cm³/mol. The third-order valence-corrected chi connectivity index (χ3v) is 4.32. The average molecular weight is 319 g/mol.